The van der Waals surface area contributed by atoms with Gasteiger partial charge in [0.25, 0.3) is 5.91 Å². The molecule has 0 aliphatic carbocycles. The summed E-state index contributed by atoms with van der Waals surface area (Å²) in [6.07, 6.45) is 0. The maximum Gasteiger partial charge on any atom is 0.262 e. The average Bonchev–Trinajstić information content (AvgIpc) is 3.13. The number of amides is 1. The Labute approximate surface area is 170 Å². The zero-order valence-corrected chi connectivity index (χ0v) is 16.0. The van der Waals surface area contributed by atoms with Crippen molar-refractivity contribution in [2.75, 3.05) is 11.9 Å². The van der Waals surface area contributed by atoms with Gasteiger partial charge in [0.05, 0.1) is 15.7 Å². The van der Waals surface area contributed by atoms with Crippen LogP contribution in [0.3, 0.4) is 0 Å². The number of oxazole rings is 1. The molecule has 1 aromatic heterocycles. The third kappa shape index (κ3) is 3.96. The first-order chi connectivity index (χ1) is 13.6. The first-order valence-electron chi connectivity index (χ1n) is 8.43. The molecule has 0 saturated heterocycles. The minimum absolute atomic E-state index is 0.201. The second-order valence-electron chi connectivity index (χ2n) is 5.95. The number of para-hydroxylation sites is 3. The minimum atomic E-state index is -0.364. The standard InChI is InChI=1S/C21H14Cl2N2O3/c22-14-10-9-13(21-25-16-6-2-4-8-19(16)28-21)11-17(14)24-20(26)12-27-18-7-3-1-5-15(18)23/h1-11H,12H2,(H,24,26). The summed E-state index contributed by atoms with van der Waals surface area (Å²) >= 11 is 12.2. The molecule has 140 valence electrons. The van der Waals surface area contributed by atoms with Crippen LogP contribution in [0.25, 0.3) is 22.6 Å². The zero-order valence-electron chi connectivity index (χ0n) is 14.5. The van der Waals surface area contributed by atoms with Crippen molar-refractivity contribution in [2.24, 2.45) is 0 Å². The van der Waals surface area contributed by atoms with Gasteiger partial charge < -0.3 is 14.5 Å². The number of anilines is 1. The minimum Gasteiger partial charge on any atom is -0.482 e. The summed E-state index contributed by atoms with van der Waals surface area (Å²) in [7, 11) is 0. The van der Waals surface area contributed by atoms with E-state index >= 15 is 0 Å². The number of aromatic nitrogens is 1. The number of halogens is 2. The van der Waals surface area contributed by atoms with E-state index < -0.39 is 0 Å². The Morgan fingerprint density at radius 3 is 2.61 bits per heavy atom. The SMILES string of the molecule is O=C(COc1ccccc1Cl)Nc1cc(-c2nc3ccccc3o2)ccc1Cl. The maximum atomic E-state index is 12.3. The molecule has 0 unspecified atom stereocenters. The van der Waals surface area contributed by atoms with Gasteiger partial charge in [0.1, 0.15) is 11.3 Å². The quantitative estimate of drug-likeness (QED) is 0.448. The molecule has 7 heteroatoms. The molecule has 1 N–H and O–H groups in total. The fourth-order valence-corrected chi connectivity index (χ4v) is 3.00. The van der Waals surface area contributed by atoms with E-state index in [0.717, 1.165) is 5.52 Å². The van der Waals surface area contributed by atoms with Gasteiger partial charge >= 0.3 is 0 Å². The largest absolute Gasteiger partial charge is 0.482 e. The van der Waals surface area contributed by atoms with Gasteiger partial charge in [-0.3, -0.25) is 4.79 Å². The molecule has 3 aromatic carbocycles. The lowest BCUT2D eigenvalue weighted by Crippen LogP contribution is -2.20. The zero-order chi connectivity index (χ0) is 19.5. The van der Waals surface area contributed by atoms with Crippen molar-refractivity contribution >= 4 is 45.9 Å². The summed E-state index contributed by atoms with van der Waals surface area (Å²) in [6.45, 7) is -0.201. The molecule has 0 spiro atoms. The van der Waals surface area contributed by atoms with Crippen molar-refractivity contribution in [3.8, 4) is 17.2 Å². The Morgan fingerprint density at radius 1 is 1.00 bits per heavy atom. The Hall–Kier alpha value is -3.02. The van der Waals surface area contributed by atoms with Crippen molar-refractivity contribution < 1.29 is 13.9 Å². The molecule has 28 heavy (non-hydrogen) atoms. The molecular weight excluding hydrogens is 399 g/mol. The molecule has 0 aliphatic heterocycles. The smallest absolute Gasteiger partial charge is 0.262 e. The highest BCUT2D eigenvalue weighted by molar-refractivity contribution is 6.34. The maximum absolute atomic E-state index is 12.3. The number of carbonyl (C=O) groups is 1. The molecule has 0 fully saturated rings. The van der Waals surface area contributed by atoms with Crippen LogP contribution in [0.2, 0.25) is 10.0 Å². The molecule has 4 rings (SSSR count). The van der Waals surface area contributed by atoms with Crippen molar-refractivity contribution in [3.63, 3.8) is 0 Å². The van der Waals surface area contributed by atoms with Crippen molar-refractivity contribution in [1.29, 1.82) is 0 Å². The normalized spacial score (nSPS) is 10.8. The number of benzene rings is 3. The van der Waals surface area contributed by atoms with E-state index in [1.54, 1.807) is 42.5 Å². The average molecular weight is 413 g/mol. The Morgan fingerprint density at radius 2 is 1.79 bits per heavy atom. The molecule has 0 radical (unpaired) electrons. The number of ether oxygens (including phenoxy) is 1. The van der Waals surface area contributed by atoms with Crippen LogP contribution in [-0.4, -0.2) is 17.5 Å². The number of nitrogens with one attached hydrogen (secondary N) is 1. The summed E-state index contributed by atoms with van der Waals surface area (Å²) in [6, 6.07) is 19.6. The van der Waals surface area contributed by atoms with Crippen LogP contribution in [0.4, 0.5) is 5.69 Å². The molecule has 4 aromatic rings. The van der Waals surface area contributed by atoms with Crippen LogP contribution in [0, 0.1) is 0 Å². The van der Waals surface area contributed by atoms with E-state index in [2.05, 4.69) is 10.3 Å². The number of rotatable bonds is 5. The molecule has 0 bridgehead atoms. The fourth-order valence-electron chi connectivity index (χ4n) is 2.64. The van der Waals surface area contributed by atoms with Crippen molar-refractivity contribution in [3.05, 3.63) is 76.8 Å². The van der Waals surface area contributed by atoms with E-state index in [4.69, 9.17) is 32.4 Å². The molecule has 0 aliphatic rings. The molecular formula is C21H14Cl2N2O3. The van der Waals surface area contributed by atoms with Crippen molar-refractivity contribution in [1.82, 2.24) is 4.98 Å². The highest BCUT2D eigenvalue weighted by Gasteiger charge is 2.13. The van der Waals surface area contributed by atoms with Gasteiger partial charge in [-0.05, 0) is 42.5 Å². The van der Waals surface area contributed by atoms with Gasteiger partial charge in [-0.1, -0.05) is 47.5 Å². The van der Waals surface area contributed by atoms with Gasteiger partial charge in [-0.2, -0.15) is 0 Å². The van der Waals surface area contributed by atoms with E-state index in [9.17, 15) is 4.79 Å². The molecule has 5 nitrogen and oxygen atoms in total. The number of fused-ring (bicyclic) bond motifs is 1. The topological polar surface area (TPSA) is 64.4 Å². The number of nitrogens with zero attached hydrogens (tertiary/aromatic N) is 1. The van der Waals surface area contributed by atoms with Crippen LogP contribution in [0.5, 0.6) is 5.75 Å². The van der Waals surface area contributed by atoms with E-state index in [-0.39, 0.29) is 12.5 Å². The van der Waals surface area contributed by atoms with Crippen LogP contribution < -0.4 is 10.1 Å². The van der Waals surface area contributed by atoms with E-state index in [1.165, 1.54) is 0 Å². The summed E-state index contributed by atoms with van der Waals surface area (Å²) < 4.78 is 11.2. The van der Waals surface area contributed by atoms with Gasteiger partial charge in [0.2, 0.25) is 5.89 Å². The third-order valence-corrected chi connectivity index (χ3v) is 4.62. The highest BCUT2D eigenvalue weighted by Crippen LogP contribution is 2.30. The van der Waals surface area contributed by atoms with E-state index in [0.29, 0.717) is 38.5 Å². The number of hydrogen-bond acceptors (Lipinski definition) is 4. The summed E-state index contributed by atoms with van der Waals surface area (Å²) in [5.74, 6) is 0.517. The molecule has 1 amide bonds. The van der Waals surface area contributed by atoms with Crippen LogP contribution in [0.1, 0.15) is 0 Å². The van der Waals surface area contributed by atoms with E-state index in [1.807, 2.05) is 24.3 Å². The van der Waals surface area contributed by atoms with Crippen molar-refractivity contribution in [2.45, 2.75) is 0 Å². The number of carbonyl (C=O) groups excluding carboxylic acids is 1. The Balaban J connectivity index is 1.50. The van der Waals surface area contributed by atoms with Crippen LogP contribution in [-0.2, 0) is 4.79 Å². The van der Waals surface area contributed by atoms with Crippen LogP contribution in [0.15, 0.2) is 71.1 Å². The third-order valence-electron chi connectivity index (χ3n) is 3.98. The first-order valence-corrected chi connectivity index (χ1v) is 9.18. The van der Waals surface area contributed by atoms with Gasteiger partial charge in [0, 0.05) is 5.56 Å². The molecule has 0 atom stereocenters. The lowest BCUT2D eigenvalue weighted by atomic mass is 10.2. The lowest BCUT2D eigenvalue weighted by Gasteiger charge is -2.10. The second kappa shape index (κ2) is 7.92. The van der Waals surface area contributed by atoms with Crippen LogP contribution >= 0.6 is 23.2 Å². The molecule has 0 saturated carbocycles. The fraction of sp³-hybridized carbons (Fsp3) is 0.0476. The lowest BCUT2D eigenvalue weighted by molar-refractivity contribution is -0.118. The van der Waals surface area contributed by atoms with Gasteiger partial charge in [0.15, 0.2) is 12.2 Å². The summed E-state index contributed by atoms with van der Waals surface area (Å²) in [4.78, 5) is 16.7. The summed E-state index contributed by atoms with van der Waals surface area (Å²) in [5, 5.41) is 3.57. The Kier molecular flexibility index (Phi) is 5.19. The Bertz CT molecular complexity index is 1120. The number of hydrogen-bond donors (Lipinski definition) is 1. The second-order valence-corrected chi connectivity index (χ2v) is 6.76. The molecule has 1 heterocycles. The first kappa shape index (κ1) is 18.3. The summed E-state index contributed by atoms with van der Waals surface area (Å²) in [5.41, 5.74) is 2.58. The van der Waals surface area contributed by atoms with Gasteiger partial charge in [-0.25, -0.2) is 4.98 Å². The van der Waals surface area contributed by atoms with Gasteiger partial charge in [-0.15, -0.1) is 0 Å². The predicted molar refractivity (Wildman–Crippen MR) is 110 cm³/mol. The monoisotopic (exact) mass is 412 g/mol. The highest BCUT2D eigenvalue weighted by atomic mass is 35.5. The predicted octanol–water partition coefficient (Wildman–Crippen LogP) is 5.82.